The van der Waals surface area contributed by atoms with Crippen molar-refractivity contribution in [2.24, 2.45) is 0 Å². The molecule has 0 spiro atoms. The third kappa shape index (κ3) is 5.76. The number of nitrogens with zero attached hydrogens (tertiary/aromatic N) is 1. The van der Waals surface area contributed by atoms with Crippen molar-refractivity contribution in [3.63, 3.8) is 0 Å². The maximum Gasteiger partial charge on any atom is 0.119 e. The molecule has 1 atom stereocenters. The lowest BCUT2D eigenvalue weighted by Crippen LogP contribution is -2.37. The minimum absolute atomic E-state index is 0.305. The van der Waals surface area contributed by atoms with Crippen LogP contribution in [-0.4, -0.2) is 35.8 Å². The molecule has 3 nitrogen and oxygen atoms in total. The largest absolute Gasteiger partial charge is 0.497 e. The van der Waals surface area contributed by atoms with Crippen LogP contribution >= 0.6 is 0 Å². The van der Waals surface area contributed by atoms with Crippen LogP contribution in [0.4, 0.5) is 0 Å². The summed E-state index contributed by atoms with van der Waals surface area (Å²) in [4.78, 5) is 2.28. The third-order valence-electron chi connectivity index (χ3n) is 3.40. The second kappa shape index (κ2) is 8.77. The monoisotopic (exact) mass is 277 g/mol. The lowest BCUT2D eigenvalue weighted by Gasteiger charge is -2.29. The van der Waals surface area contributed by atoms with Crippen molar-refractivity contribution in [2.45, 2.75) is 45.4 Å². The van der Waals surface area contributed by atoms with Crippen molar-refractivity contribution >= 4 is 0 Å². The third-order valence-corrected chi connectivity index (χ3v) is 3.40. The first-order chi connectivity index (χ1) is 9.56. The van der Waals surface area contributed by atoms with Crippen molar-refractivity contribution < 1.29 is 9.84 Å². The minimum atomic E-state index is -0.305. The van der Waals surface area contributed by atoms with Gasteiger partial charge >= 0.3 is 0 Å². The Balaban J connectivity index is 2.64. The summed E-state index contributed by atoms with van der Waals surface area (Å²) in [5, 5.41) is 10.1. The fraction of sp³-hybridized carbons (Fsp3) is 0.529. The van der Waals surface area contributed by atoms with E-state index < -0.39 is 0 Å². The molecule has 112 valence electrons. The lowest BCUT2D eigenvalue weighted by molar-refractivity contribution is 0.0855. The molecule has 1 unspecified atom stereocenters. The Labute approximate surface area is 122 Å². The molecule has 20 heavy (non-hydrogen) atoms. The van der Waals surface area contributed by atoms with Gasteiger partial charge in [0.05, 0.1) is 13.2 Å². The first-order valence-electron chi connectivity index (χ1n) is 7.22. The predicted octanol–water partition coefficient (Wildman–Crippen LogP) is 3.23. The van der Waals surface area contributed by atoms with Gasteiger partial charge in [-0.05, 0) is 44.4 Å². The summed E-state index contributed by atoms with van der Waals surface area (Å²) in [6.45, 7) is 9.50. The number of allylic oxidation sites excluding steroid dienone is 1. The molecule has 0 aliphatic carbocycles. The van der Waals surface area contributed by atoms with E-state index in [9.17, 15) is 5.11 Å². The smallest absolute Gasteiger partial charge is 0.119 e. The zero-order valence-corrected chi connectivity index (χ0v) is 12.9. The molecular formula is C17H27NO2. The highest BCUT2D eigenvalue weighted by molar-refractivity contribution is 5.28. The number of methoxy groups -OCH3 is 1. The van der Waals surface area contributed by atoms with Gasteiger partial charge in [-0.15, -0.1) is 6.58 Å². The Morgan fingerprint density at radius 3 is 2.75 bits per heavy atom. The average Bonchev–Trinajstić information content (AvgIpc) is 2.44. The Kier molecular flexibility index (Phi) is 7.34. The fourth-order valence-corrected chi connectivity index (χ4v) is 2.14. The number of hydrogen-bond donors (Lipinski definition) is 1. The van der Waals surface area contributed by atoms with E-state index in [1.807, 2.05) is 24.3 Å². The van der Waals surface area contributed by atoms with Crippen LogP contribution in [0.15, 0.2) is 36.9 Å². The van der Waals surface area contributed by atoms with E-state index in [0.29, 0.717) is 12.6 Å². The van der Waals surface area contributed by atoms with E-state index in [4.69, 9.17) is 4.74 Å². The van der Waals surface area contributed by atoms with E-state index in [1.165, 1.54) is 5.56 Å². The summed E-state index contributed by atoms with van der Waals surface area (Å²) in [6, 6.07) is 8.47. The highest BCUT2D eigenvalue weighted by Gasteiger charge is 2.15. The maximum atomic E-state index is 10.1. The number of rotatable bonds is 9. The predicted molar refractivity (Wildman–Crippen MR) is 84.0 cm³/mol. The molecule has 0 bridgehead atoms. The van der Waals surface area contributed by atoms with Crippen LogP contribution in [0.3, 0.4) is 0 Å². The van der Waals surface area contributed by atoms with Gasteiger partial charge in [0.15, 0.2) is 0 Å². The van der Waals surface area contributed by atoms with E-state index in [2.05, 4.69) is 31.4 Å². The molecule has 0 heterocycles. The molecule has 0 aromatic heterocycles. The summed E-state index contributed by atoms with van der Waals surface area (Å²) in [7, 11) is 1.68. The topological polar surface area (TPSA) is 32.7 Å². The lowest BCUT2D eigenvalue weighted by atomic mass is 10.1. The minimum Gasteiger partial charge on any atom is -0.497 e. The van der Waals surface area contributed by atoms with Crippen LogP contribution in [-0.2, 0) is 6.54 Å². The van der Waals surface area contributed by atoms with Gasteiger partial charge in [0, 0.05) is 19.1 Å². The summed E-state index contributed by atoms with van der Waals surface area (Å²) in [5.74, 6) is 0.874. The standard InChI is InChI=1S/C17H27NO2/c1-5-6-9-16(19)13-18(14(2)3)12-15-8-7-10-17(11-15)20-4/h5,7-8,10-11,14,16,19H,1,6,9,12-13H2,2-4H3. The van der Waals surface area contributed by atoms with Gasteiger partial charge in [-0.25, -0.2) is 0 Å². The molecule has 0 saturated carbocycles. The van der Waals surface area contributed by atoms with Crippen LogP contribution in [0.2, 0.25) is 0 Å². The Morgan fingerprint density at radius 2 is 2.15 bits per heavy atom. The normalized spacial score (nSPS) is 12.7. The second-order valence-corrected chi connectivity index (χ2v) is 5.39. The number of ether oxygens (including phenoxy) is 1. The zero-order chi connectivity index (χ0) is 15.0. The van der Waals surface area contributed by atoms with Crippen molar-refractivity contribution in [3.05, 3.63) is 42.5 Å². The quantitative estimate of drug-likeness (QED) is 0.703. The van der Waals surface area contributed by atoms with Gasteiger partial charge < -0.3 is 9.84 Å². The van der Waals surface area contributed by atoms with Crippen LogP contribution < -0.4 is 4.74 Å². The molecule has 0 aliphatic heterocycles. The number of benzene rings is 1. The van der Waals surface area contributed by atoms with E-state index in [0.717, 1.165) is 25.1 Å². The Hall–Kier alpha value is -1.32. The summed E-state index contributed by atoms with van der Waals surface area (Å²) in [6.07, 6.45) is 3.17. The van der Waals surface area contributed by atoms with E-state index in [1.54, 1.807) is 7.11 Å². The Bertz CT molecular complexity index is 404. The van der Waals surface area contributed by atoms with Gasteiger partial charge in [0.25, 0.3) is 0 Å². The van der Waals surface area contributed by atoms with Crippen LogP contribution in [0.1, 0.15) is 32.3 Å². The van der Waals surface area contributed by atoms with Gasteiger partial charge in [-0.3, -0.25) is 4.90 Å². The Morgan fingerprint density at radius 1 is 1.40 bits per heavy atom. The molecule has 1 aromatic carbocycles. The molecule has 1 aromatic rings. The summed E-state index contributed by atoms with van der Waals surface area (Å²) < 4.78 is 5.25. The van der Waals surface area contributed by atoms with Crippen LogP contribution in [0.25, 0.3) is 0 Å². The van der Waals surface area contributed by atoms with Crippen molar-refractivity contribution in [2.75, 3.05) is 13.7 Å². The summed E-state index contributed by atoms with van der Waals surface area (Å²) >= 11 is 0. The molecule has 1 rings (SSSR count). The molecular weight excluding hydrogens is 250 g/mol. The molecule has 0 fully saturated rings. The van der Waals surface area contributed by atoms with Gasteiger partial charge in [-0.2, -0.15) is 0 Å². The first kappa shape index (κ1) is 16.7. The molecule has 1 N–H and O–H groups in total. The number of hydrogen-bond acceptors (Lipinski definition) is 3. The SMILES string of the molecule is C=CCCC(O)CN(Cc1cccc(OC)c1)C(C)C. The second-order valence-electron chi connectivity index (χ2n) is 5.39. The van der Waals surface area contributed by atoms with E-state index in [-0.39, 0.29) is 6.10 Å². The number of aliphatic hydroxyl groups excluding tert-OH is 1. The van der Waals surface area contributed by atoms with Gasteiger partial charge in [0.2, 0.25) is 0 Å². The first-order valence-corrected chi connectivity index (χ1v) is 7.22. The number of aliphatic hydroxyl groups is 1. The van der Waals surface area contributed by atoms with Crippen molar-refractivity contribution in [1.29, 1.82) is 0 Å². The van der Waals surface area contributed by atoms with Crippen LogP contribution in [0.5, 0.6) is 5.75 Å². The highest BCUT2D eigenvalue weighted by atomic mass is 16.5. The maximum absolute atomic E-state index is 10.1. The van der Waals surface area contributed by atoms with Crippen molar-refractivity contribution in [1.82, 2.24) is 4.90 Å². The molecule has 0 radical (unpaired) electrons. The van der Waals surface area contributed by atoms with Gasteiger partial charge in [0.1, 0.15) is 5.75 Å². The summed E-state index contributed by atoms with van der Waals surface area (Å²) in [5.41, 5.74) is 1.20. The zero-order valence-electron chi connectivity index (χ0n) is 12.9. The highest BCUT2D eigenvalue weighted by Crippen LogP contribution is 2.16. The average molecular weight is 277 g/mol. The van der Waals surface area contributed by atoms with Gasteiger partial charge in [-0.1, -0.05) is 18.2 Å². The molecule has 0 amide bonds. The molecule has 0 saturated heterocycles. The van der Waals surface area contributed by atoms with Crippen LogP contribution in [0, 0.1) is 0 Å². The molecule has 0 aliphatic rings. The van der Waals surface area contributed by atoms with E-state index >= 15 is 0 Å². The van der Waals surface area contributed by atoms with Crippen molar-refractivity contribution in [3.8, 4) is 5.75 Å². The molecule has 3 heteroatoms. The fourth-order valence-electron chi connectivity index (χ4n) is 2.14.